The molecule has 2 unspecified atom stereocenters. The van der Waals surface area contributed by atoms with Gasteiger partial charge in [-0.05, 0) is 30.2 Å². The summed E-state index contributed by atoms with van der Waals surface area (Å²) < 4.78 is 0. The highest BCUT2D eigenvalue weighted by Crippen LogP contribution is 2.38. The molecule has 1 saturated carbocycles. The molecular weight excluding hydrogens is 267 g/mol. The number of nitrogens with zero attached hydrogens (tertiary/aromatic N) is 1. The topological polar surface area (TPSA) is 38.9 Å². The molecule has 1 aliphatic rings. The van der Waals surface area contributed by atoms with Gasteiger partial charge < -0.3 is 5.73 Å². The van der Waals surface area contributed by atoms with Gasteiger partial charge in [0.05, 0.1) is 5.69 Å². The lowest BCUT2D eigenvalue weighted by Gasteiger charge is -2.03. The summed E-state index contributed by atoms with van der Waals surface area (Å²) in [6.07, 6.45) is 3.01. The second-order valence-electron chi connectivity index (χ2n) is 4.49. The summed E-state index contributed by atoms with van der Waals surface area (Å²) in [4.78, 5) is 4.47. The fourth-order valence-corrected chi connectivity index (χ4v) is 2.23. The minimum absolute atomic E-state index is 0. The van der Waals surface area contributed by atoms with Gasteiger partial charge in [0.2, 0.25) is 0 Å². The Morgan fingerprint density at radius 1 is 1.22 bits per heavy atom. The van der Waals surface area contributed by atoms with Crippen LogP contribution >= 0.6 is 24.0 Å². The van der Waals surface area contributed by atoms with E-state index in [-0.39, 0.29) is 12.4 Å². The third-order valence-corrected chi connectivity index (χ3v) is 3.41. The van der Waals surface area contributed by atoms with Crippen molar-refractivity contribution in [1.29, 1.82) is 0 Å². The maximum Gasteiger partial charge on any atom is 0.0702 e. The van der Waals surface area contributed by atoms with E-state index >= 15 is 0 Å². The molecule has 2 nitrogen and oxygen atoms in total. The molecule has 0 spiro atoms. The first-order valence-corrected chi connectivity index (χ1v) is 6.09. The van der Waals surface area contributed by atoms with Crippen molar-refractivity contribution in [2.75, 3.05) is 0 Å². The largest absolute Gasteiger partial charge is 0.327 e. The fraction of sp³-hybridized carbons (Fsp3) is 0.214. The summed E-state index contributed by atoms with van der Waals surface area (Å²) in [6, 6.07) is 12.2. The minimum Gasteiger partial charge on any atom is -0.327 e. The van der Waals surface area contributed by atoms with Crippen LogP contribution in [0.25, 0.3) is 11.3 Å². The Kier molecular flexibility index (Phi) is 3.91. The van der Waals surface area contributed by atoms with Crippen molar-refractivity contribution in [3.63, 3.8) is 0 Å². The quantitative estimate of drug-likeness (QED) is 0.912. The van der Waals surface area contributed by atoms with E-state index in [0.717, 1.165) is 22.7 Å². The monoisotopic (exact) mass is 280 g/mol. The zero-order valence-corrected chi connectivity index (χ0v) is 11.3. The number of pyridine rings is 1. The van der Waals surface area contributed by atoms with Crippen LogP contribution in [0.5, 0.6) is 0 Å². The minimum atomic E-state index is 0. The lowest BCUT2D eigenvalue weighted by atomic mass is 10.1. The van der Waals surface area contributed by atoms with Gasteiger partial charge in [0.15, 0.2) is 0 Å². The van der Waals surface area contributed by atoms with Crippen molar-refractivity contribution in [3.8, 4) is 11.3 Å². The molecular formula is C14H14Cl2N2. The standard InChI is InChI=1S/C14H13ClN2.ClH/c15-11-3-1-2-9(6-11)14-5-4-10(8-17-14)12-7-13(12)16;/h1-6,8,12-13H,7,16H2;1H. The van der Waals surface area contributed by atoms with E-state index in [4.69, 9.17) is 17.3 Å². The van der Waals surface area contributed by atoms with E-state index in [1.54, 1.807) is 0 Å². The fourth-order valence-electron chi connectivity index (χ4n) is 2.04. The third kappa shape index (κ3) is 2.66. The Hall–Kier alpha value is -1.09. The summed E-state index contributed by atoms with van der Waals surface area (Å²) in [6.45, 7) is 0. The second kappa shape index (κ2) is 5.27. The van der Waals surface area contributed by atoms with Crippen LogP contribution in [0.3, 0.4) is 0 Å². The van der Waals surface area contributed by atoms with E-state index in [0.29, 0.717) is 12.0 Å². The van der Waals surface area contributed by atoms with Crippen LogP contribution in [0.1, 0.15) is 17.9 Å². The number of aromatic nitrogens is 1. The van der Waals surface area contributed by atoms with E-state index < -0.39 is 0 Å². The predicted octanol–water partition coefficient (Wildman–Crippen LogP) is 3.64. The van der Waals surface area contributed by atoms with E-state index in [2.05, 4.69) is 11.1 Å². The first-order valence-electron chi connectivity index (χ1n) is 5.71. The lowest BCUT2D eigenvalue weighted by molar-refractivity contribution is 0.981. The molecule has 0 saturated heterocycles. The highest BCUT2D eigenvalue weighted by atomic mass is 35.5. The van der Waals surface area contributed by atoms with Gasteiger partial charge in [-0.25, -0.2) is 0 Å². The van der Waals surface area contributed by atoms with E-state index in [1.807, 2.05) is 36.5 Å². The summed E-state index contributed by atoms with van der Waals surface area (Å²) in [7, 11) is 0. The second-order valence-corrected chi connectivity index (χ2v) is 4.93. The molecule has 0 radical (unpaired) electrons. The summed E-state index contributed by atoms with van der Waals surface area (Å²) in [5.41, 5.74) is 9.06. The number of hydrogen-bond acceptors (Lipinski definition) is 2. The number of halogens is 2. The van der Waals surface area contributed by atoms with Crippen LogP contribution in [0, 0.1) is 0 Å². The molecule has 1 aliphatic carbocycles. The Morgan fingerprint density at radius 3 is 2.56 bits per heavy atom. The van der Waals surface area contributed by atoms with Crippen LogP contribution in [0.4, 0.5) is 0 Å². The van der Waals surface area contributed by atoms with E-state index in [1.165, 1.54) is 5.56 Å². The van der Waals surface area contributed by atoms with Gasteiger partial charge in [-0.3, -0.25) is 4.98 Å². The molecule has 0 aliphatic heterocycles. The Balaban J connectivity index is 0.00000120. The van der Waals surface area contributed by atoms with Crippen molar-refractivity contribution in [3.05, 3.63) is 53.2 Å². The van der Waals surface area contributed by atoms with Crippen LogP contribution < -0.4 is 5.73 Å². The molecule has 3 rings (SSSR count). The molecule has 94 valence electrons. The third-order valence-electron chi connectivity index (χ3n) is 3.17. The van der Waals surface area contributed by atoms with Crippen molar-refractivity contribution < 1.29 is 0 Å². The normalized spacial score (nSPS) is 21.2. The zero-order valence-electron chi connectivity index (χ0n) is 9.71. The average Bonchev–Trinajstić information content (AvgIpc) is 3.07. The summed E-state index contributed by atoms with van der Waals surface area (Å²) in [5.74, 6) is 0.510. The molecule has 18 heavy (non-hydrogen) atoms. The molecule has 4 heteroatoms. The highest BCUT2D eigenvalue weighted by Gasteiger charge is 2.34. The molecule has 0 amide bonds. The van der Waals surface area contributed by atoms with Gasteiger partial charge in [-0.2, -0.15) is 0 Å². The van der Waals surface area contributed by atoms with Crippen LogP contribution in [0.15, 0.2) is 42.6 Å². The van der Waals surface area contributed by atoms with E-state index in [9.17, 15) is 0 Å². The maximum absolute atomic E-state index is 5.96. The first-order chi connectivity index (χ1) is 8.24. The molecule has 2 N–H and O–H groups in total. The van der Waals surface area contributed by atoms with Gasteiger partial charge in [0.25, 0.3) is 0 Å². The smallest absolute Gasteiger partial charge is 0.0702 e. The highest BCUT2D eigenvalue weighted by molar-refractivity contribution is 6.30. The number of nitrogens with two attached hydrogens (primary N) is 1. The average molecular weight is 281 g/mol. The van der Waals surface area contributed by atoms with Crippen molar-refractivity contribution in [2.24, 2.45) is 5.73 Å². The maximum atomic E-state index is 5.96. The lowest BCUT2D eigenvalue weighted by Crippen LogP contribution is -2.01. The zero-order chi connectivity index (χ0) is 11.8. The van der Waals surface area contributed by atoms with Gasteiger partial charge >= 0.3 is 0 Å². The number of rotatable bonds is 2. The molecule has 1 fully saturated rings. The summed E-state index contributed by atoms with van der Waals surface area (Å²) in [5, 5.41) is 0.734. The van der Waals surface area contributed by atoms with Crippen LogP contribution in [-0.4, -0.2) is 11.0 Å². The first kappa shape index (κ1) is 13.3. The molecule has 1 aromatic heterocycles. The van der Waals surface area contributed by atoms with Gasteiger partial charge in [0, 0.05) is 28.7 Å². The van der Waals surface area contributed by atoms with Gasteiger partial charge in [0.1, 0.15) is 0 Å². The van der Waals surface area contributed by atoms with Crippen LogP contribution in [-0.2, 0) is 0 Å². The SMILES string of the molecule is Cl.NC1CC1c1ccc(-c2cccc(Cl)c2)nc1. The molecule has 1 heterocycles. The van der Waals surface area contributed by atoms with Crippen LogP contribution in [0.2, 0.25) is 5.02 Å². The summed E-state index contributed by atoms with van der Waals surface area (Å²) >= 11 is 5.96. The van der Waals surface area contributed by atoms with Gasteiger partial charge in [-0.1, -0.05) is 29.8 Å². The Bertz CT molecular complexity index is 540. The molecule has 0 bridgehead atoms. The molecule has 1 aromatic carbocycles. The van der Waals surface area contributed by atoms with Crippen molar-refractivity contribution in [1.82, 2.24) is 4.98 Å². The molecule has 2 atom stereocenters. The predicted molar refractivity (Wildman–Crippen MR) is 77.3 cm³/mol. The number of benzene rings is 1. The van der Waals surface area contributed by atoms with Gasteiger partial charge in [-0.15, -0.1) is 12.4 Å². The van der Waals surface area contributed by atoms with Crippen molar-refractivity contribution >= 4 is 24.0 Å². The number of hydrogen-bond donors (Lipinski definition) is 1. The molecule has 2 aromatic rings. The van der Waals surface area contributed by atoms with Crippen molar-refractivity contribution in [2.45, 2.75) is 18.4 Å². The Morgan fingerprint density at radius 2 is 2.00 bits per heavy atom. The Labute approximate surface area is 118 Å².